The smallest absolute Gasteiger partial charge is 0.168 e. The van der Waals surface area contributed by atoms with Crippen molar-refractivity contribution in [1.29, 1.82) is 0 Å². The van der Waals surface area contributed by atoms with E-state index < -0.39 is 11.6 Å². The van der Waals surface area contributed by atoms with Gasteiger partial charge in [0.15, 0.2) is 17.5 Å². The number of nitrogens with one attached hydrogen (secondary N) is 1. The van der Waals surface area contributed by atoms with Gasteiger partial charge < -0.3 is 15.0 Å². The van der Waals surface area contributed by atoms with E-state index in [1.807, 2.05) is 13.1 Å². The molecule has 2 saturated heterocycles. The molecule has 1 N–H and O–H groups in total. The van der Waals surface area contributed by atoms with Gasteiger partial charge in [0, 0.05) is 53.7 Å². The summed E-state index contributed by atoms with van der Waals surface area (Å²) in [5, 5.41) is 16.6. The molecule has 2 aromatic heterocycles. The second-order valence-corrected chi connectivity index (χ2v) is 11.7. The summed E-state index contributed by atoms with van der Waals surface area (Å²) in [6.45, 7) is 9.51. The number of nitrogens with zero attached hydrogens (tertiary/aromatic N) is 5. The zero-order chi connectivity index (χ0) is 26.4. The predicted octanol–water partition coefficient (Wildman–Crippen LogP) is 5.73. The third-order valence-electron chi connectivity index (χ3n) is 7.45. The van der Waals surface area contributed by atoms with Crippen molar-refractivity contribution >= 4 is 5.82 Å². The first kappa shape index (κ1) is 25.7. The van der Waals surface area contributed by atoms with E-state index in [4.69, 9.17) is 4.74 Å². The van der Waals surface area contributed by atoms with Crippen molar-refractivity contribution in [2.75, 3.05) is 18.6 Å². The van der Waals surface area contributed by atoms with Crippen LogP contribution in [0.1, 0.15) is 66.0 Å². The topological polar surface area (TPSA) is 68.1 Å². The van der Waals surface area contributed by atoms with Crippen molar-refractivity contribution < 1.29 is 13.5 Å². The zero-order valence-corrected chi connectivity index (χ0v) is 22.3. The van der Waals surface area contributed by atoms with E-state index in [-0.39, 0.29) is 40.2 Å². The summed E-state index contributed by atoms with van der Waals surface area (Å²) >= 11 is 0. The van der Waals surface area contributed by atoms with Crippen LogP contribution in [0, 0.1) is 11.6 Å². The van der Waals surface area contributed by atoms with Crippen LogP contribution in [-0.2, 0) is 4.74 Å². The molecule has 1 atom stereocenters. The van der Waals surface area contributed by atoms with Gasteiger partial charge in [-0.1, -0.05) is 6.07 Å². The first-order valence-electron chi connectivity index (χ1n) is 13.0. The highest BCUT2D eigenvalue weighted by molar-refractivity contribution is 5.69. The van der Waals surface area contributed by atoms with Gasteiger partial charge in [0.1, 0.15) is 6.23 Å². The minimum Gasteiger partial charge on any atom is -0.357 e. The second-order valence-electron chi connectivity index (χ2n) is 11.7. The number of aromatic nitrogens is 4. The Morgan fingerprint density at radius 1 is 0.973 bits per heavy atom. The molecule has 4 heterocycles. The molecule has 0 amide bonds. The summed E-state index contributed by atoms with van der Waals surface area (Å²) in [5.41, 5.74) is 1.02. The largest absolute Gasteiger partial charge is 0.357 e. The maximum absolute atomic E-state index is 15.2. The lowest BCUT2D eigenvalue weighted by Crippen LogP contribution is -2.62. The highest BCUT2D eigenvalue weighted by Gasteiger charge is 2.39. The van der Waals surface area contributed by atoms with Gasteiger partial charge >= 0.3 is 0 Å². The van der Waals surface area contributed by atoms with Gasteiger partial charge in [-0.05, 0) is 78.0 Å². The van der Waals surface area contributed by atoms with Crippen molar-refractivity contribution in [1.82, 2.24) is 25.3 Å². The van der Waals surface area contributed by atoms with E-state index >= 15 is 8.78 Å². The van der Waals surface area contributed by atoms with Gasteiger partial charge in [-0.2, -0.15) is 5.10 Å². The average molecular weight is 511 g/mol. The molecule has 0 bridgehead atoms. The molecular weight excluding hydrogens is 474 g/mol. The number of hydrogen-bond donors (Lipinski definition) is 1. The number of anilines is 1. The third-order valence-corrected chi connectivity index (χ3v) is 7.45. The van der Waals surface area contributed by atoms with Gasteiger partial charge in [-0.3, -0.25) is 0 Å². The van der Waals surface area contributed by atoms with Crippen LogP contribution >= 0.6 is 0 Å². The molecule has 37 heavy (non-hydrogen) atoms. The molecule has 1 aromatic carbocycles. The third kappa shape index (κ3) is 5.38. The van der Waals surface area contributed by atoms with Crippen LogP contribution in [0.2, 0.25) is 0 Å². The fourth-order valence-electron chi connectivity index (χ4n) is 5.92. The Balaban J connectivity index is 1.35. The van der Waals surface area contributed by atoms with E-state index in [0.717, 1.165) is 32.1 Å². The zero-order valence-electron chi connectivity index (χ0n) is 22.3. The number of hydrogen-bond acceptors (Lipinski definition) is 6. The fraction of sp³-hybridized carbons (Fsp3) is 0.536. The molecule has 3 aromatic rings. The van der Waals surface area contributed by atoms with Crippen molar-refractivity contribution in [3.05, 3.63) is 48.3 Å². The van der Waals surface area contributed by atoms with Gasteiger partial charge in [0.2, 0.25) is 0 Å². The monoisotopic (exact) mass is 510 g/mol. The van der Waals surface area contributed by atoms with Crippen LogP contribution in [0.15, 0.2) is 36.7 Å². The van der Waals surface area contributed by atoms with Crippen LogP contribution in [0.4, 0.5) is 14.6 Å². The summed E-state index contributed by atoms with van der Waals surface area (Å²) in [4.78, 5) is 2.13. The van der Waals surface area contributed by atoms with E-state index in [2.05, 4.69) is 53.2 Å². The number of benzene rings is 1. The first-order chi connectivity index (χ1) is 17.5. The highest BCUT2D eigenvalue weighted by atomic mass is 19.2. The van der Waals surface area contributed by atoms with Crippen LogP contribution in [0.3, 0.4) is 0 Å². The molecule has 0 saturated carbocycles. The molecule has 0 spiro atoms. The van der Waals surface area contributed by atoms with Crippen molar-refractivity contribution in [3.63, 3.8) is 0 Å². The number of halogens is 2. The van der Waals surface area contributed by atoms with E-state index in [9.17, 15) is 0 Å². The quantitative estimate of drug-likeness (QED) is 0.473. The Hall–Kier alpha value is -2.91. The predicted molar refractivity (Wildman–Crippen MR) is 140 cm³/mol. The molecule has 1 unspecified atom stereocenters. The van der Waals surface area contributed by atoms with Crippen LogP contribution in [-0.4, -0.2) is 50.8 Å². The molecule has 2 aliphatic heterocycles. The van der Waals surface area contributed by atoms with E-state index in [1.54, 1.807) is 35.3 Å². The Bertz CT molecular complexity index is 1230. The number of rotatable bonds is 5. The minimum atomic E-state index is -0.948. The van der Waals surface area contributed by atoms with Gasteiger partial charge in [-0.25, -0.2) is 13.5 Å². The Kier molecular flexibility index (Phi) is 6.79. The normalized spacial score (nSPS) is 21.6. The first-order valence-corrected chi connectivity index (χ1v) is 13.0. The van der Waals surface area contributed by atoms with Crippen LogP contribution in [0.5, 0.6) is 0 Å². The molecule has 9 heteroatoms. The summed E-state index contributed by atoms with van der Waals surface area (Å²) in [6, 6.07) is 6.92. The summed E-state index contributed by atoms with van der Waals surface area (Å²) in [7, 11) is 2.01. The molecule has 0 radical (unpaired) electrons. The lowest BCUT2D eigenvalue weighted by atomic mass is 9.79. The van der Waals surface area contributed by atoms with Crippen molar-refractivity contribution in [2.45, 2.75) is 83.1 Å². The maximum atomic E-state index is 15.2. The lowest BCUT2D eigenvalue weighted by Gasteiger charge is -2.49. The molecule has 0 aliphatic carbocycles. The fourth-order valence-corrected chi connectivity index (χ4v) is 5.92. The van der Waals surface area contributed by atoms with Gasteiger partial charge in [0.05, 0.1) is 11.9 Å². The summed E-state index contributed by atoms with van der Waals surface area (Å²) in [6.07, 6.45) is 7.95. The van der Waals surface area contributed by atoms with Gasteiger partial charge in [-0.15, -0.1) is 10.2 Å². The Labute approximate surface area is 217 Å². The van der Waals surface area contributed by atoms with E-state index in [0.29, 0.717) is 18.0 Å². The maximum Gasteiger partial charge on any atom is 0.168 e. The van der Waals surface area contributed by atoms with Crippen molar-refractivity contribution in [3.8, 4) is 22.4 Å². The van der Waals surface area contributed by atoms with E-state index in [1.165, 1.54) is 0 Å². The summed E-state index contributed by atoms with van der Waals surface area (Å²) < 4.78 is 37.8. The Morgan fingerprint density at radius 2 is 1.68 bits per heavy atom. The number of piperidine rings is 1. The molecule has 198 valence electrons. The minimum absolute atomic E-state index is 0.00360. The van der Waals surface area contributed by atoms with Gasteiger partial charge in [0.25, 0.3) is 0 Å². The SMILES string of the molecule is CN(c1ccc(-c2ccc(-c3cnn(C4CCCCO4)c3)c(F)c2F)nn1)C1CC(C)(C)NC(C)(C)C1. The average Bonchev–Trinajstić information content (AvgIpc) is 3.34. The molecular formula is C28H36F2N6O. The molecule has 7 nitrogen and oxygen atoms in total. The molecule has 5 rings (SSSR count). The Morgan fingerprint density at radius 3 is 2.32 bits per heavy atom. The second kappa shape index (κ2) is 9.76. The summed E-state index contributed by atoms with van der Waals surface area (Å²) in [5.74, 6) is -1.17. The lowest BCUT2D eigenvalue weighted by molar-refractivity contribution is -0.0394. The standard InChI is InChI=1S/C28H36F2N6O/c1-27(2)14-19(15-28(3,4)34-27)35(5)23-12-11-22(32-33-23)21-10-9-20(25(29)26(21)30)18-16-31-36(17-18)24-8-6-7-13-37-24/h9-12,16-17,19,24,34H,6-8,13-15H2,1-5H3. The molecule has 2 fully saturated rings. The highest BCUT2D eigenvalue weighted by Crippen LogP contribution is 2.34. The van der Waals surface area contributed by atoms with Crippen LogP contribution < -0.4 is 10.2 Å². The molecule has 2 aliphatic rings. The number of ether oxygens (including phenoxy) is 1. The van der Waals surface area contributed by atoms with Crippen molar-refractivity contribution in [2.24, 2.45) is 0 Å². The van der Waals surface area contributed by atoms with Crippen LogP contribution in [0.25, 0.3) is 22.4 Å².